The first-order valence-electron chi connectivity index (χ1n) is 5.82. The van der Waals surface area contributed by atoms with Crippen molar-refractivity contribution in [2.24, 2.45) is 0 Å². The zero-order valence-corrected chi connectivity index (χ0v) is 11.2. The summed E-state index contributed by atoms with van der Waals surface area (Å²) in [5.41, 5.74) is 0.690. The monoisotopic (exact) mass is 256 g/mol. The second-order valence-corrected chi connectivity index (χ2v) is 5.77. The van der Waals surface area contributed by atoms with Gasteiger partial charge in [0.25, 0.3) is 0 Å². The van der Waals surface area contributed by atoms with E-state index in [1.54, 1.807) is 12.1 Å². The normalized spacial score (nSPS) is 22.8. The molecule has 0 spiro atoms. The van der Waals surface area contributed by atoms with Gasteiger partial charge in [0.1, 0.15) is 5.82 Å². The van der Waals surface area contributed by atoms with Crippen molar-refractivity contribution in [1.29, 1.82) is 0 Å². The van der Waals surface area contributed by atoms with Crippen molar-refractivity contribution >= 4 is 17.3 Å². The van der Waals surface area contributed by atoms with Crippen LogP contribution in [0.2, 0.25) is 5.02 Å². The third kappa shape index (κ3) is 2.72. The Labute approximate surface area is 107 Å². The molecule has 1 aromatic rings. The van der Waals surface area contributed by atoms with Gasteiger partial charge in [0.15, 0.2) is 0 Å². The summed E-state index contributed by atoms with van der Waals surface area (Å²) >= 11 is 5.91. The lowest BCUT2D eigenvalue weighted by molar-refractivity contribution is 0.453. The Bertz CT molecular complexity index is 420. The molecule has 1 unspecified atom stereocenters. The van der Waals surface area contributed by atoms with Crippen molar-refractivity contribution in [1.82, 2.24) is 5.32 Å². The summed E-state index contributed by atoms with van der Waals surface area (Å²) in [6.07, 6.45) is 0.995. The van der Waals surface area contributed by atoms with Crippen molar-refractivity contribution in [3.8, 4) is 0 Å². The van der Waals surface area contributed by atoms with Gasteiger partial charge in [-0.25, -0.2) is 4.39 Å². The molecule has 0 radical (unpaired) electrons. The molecule has 0 bridgehead atoms. The second kappa shape index (κ2) is 4.46. The molecule has 2 nitrogen and oxygen atoms in total. The van der Waals surface area contributed by atoms with Crippen LogP contribution >= 0.6 is 11.6 Å². The van der Waals surface area contributed by atoms with Gasteiger partial charge in [0.05, 0.1) is 5.69 Å². The summed E-state index contributed by atoms with van der Waals surface area (Å²) < 4.78 is 13.7. The van der Waals surface area contributed by atoms with Crippen molar-refractivity contribution in [3.05, 3.63) is 29.0 Å². The largest absolute Gasteiger partial charge is 0.368 e. The topological polar surface area (TPSA) is 15.3 Å². The fourth-order valence-electron chi connectivity index (χ4n) is 2.35. The molecule has 1 saturated heterocycles. The molecule has 4 heteroatoms. The maximum Gasteiger partial charge on any atom is 0.146 e. The van der Waals surface area contributed by atoms with E-state index in [4.69, 9.17) is 11.6 Å². The molecule has 0 saturated carbocycles. The molecule has 2 rings (SSSR count). The highest BCUT2D eigenvalue weighted by molar-refractivity contribution is 6.30. The molecule has 94 valence electrons. The third-order valence-electron chi connectivity index (χ3n) is 3.40. The van der Waals surface area contributed by atoms with Crippen LogP contribution in [0.25, 0.3) is 0 Å². The van der Waals surface area contributed by atoms with Crippen LogP contribution in [0, 0.1) is 5.82 Å². The average molecular weight is 257 g/mol. The molecule has 1 N–H and O–H groups in total. The zero-order valence-electron chi connectivity index (χ0n) is 10.4. The lowest BCUT2D eigenvalue weighted by atomic mass is 10.0. The number of halogens is 2. The van der Waals surface area contributed by atoms with Crippen LogP contribution in [0.4, 0.5) is 10.1 Å². The zero-order chi connectivity index (χ0) is 12.6. The van der Waals surface area contributed by atoms with Gasteiger partial charge in [-0.05, 0) is 38.5 Å². The summed E-state index contributed by atoms with van der Waals surface area (Å²) in [6.45, 7) is 5.19. The quantitative estimate of drug-likeness (QED) is 0.875. The molecule has 0 aliphatic carbocycles. The van der Waals surface area contributed by atoms with Gasteiger partial charge in [-0.15, -0.1) is 0 Å². The number of anilines is 1. The maximum absolute atomic E-state index is 13.7. The Hall–Kier alpha value is -0.800. The Morgan fingerprint density at radius 3 is 2.76 bits per heavy atom. The van der Waals surface area contributed by atoms with E-state index in [-0.39, 0.29) is 11.4 Å². The van der Waals surface area contributed by atoms with Crippen LogP contribution in [0.1, 0.15) is 20.3 Å². The molecule has 1 fully saturated rings. The summed E-state index contributed by atoms with van der Waals surface area (Å²) in [6, 6.07) is 4.98. The number of rotatable bonds is 2. The highest BCUT2D eigenvalue weighted by Gasteiger charge is 2.33. The van der Waals surface area contributed by atoms with Crippen LogP contribution < -0.4 is 10.2 Å². The fourth-order valence-corrected chi connectivity index (χ4v) is 2.52. The van der Waals surface area contributed by atoms with Gasteiger partial charge in [-0.3, -0.25) is 0 Å². The molecule has 1 aromatic carbocycles. The van der Waals surface area contributed by atoms with Gasteiger partial charge in [-0.2, -0.15) is 0 Å². The van der Waals surface area contributed by atoms with Crippen LogP contribution in [-0.2, 0) is 0 Å². The highest BCUT2D eigenvalue weighted by Crippen LogP contribution is 2.29. The van der Waals surface area contributed by atoms with E-state index < -0.39 is 0 Å². The van der Waals surface area contributed by atoms with Crippen molar-refractivity contribution in [2.75, 3.05) is 18.5 Å². The summed E-state index contributed by atoms with van der Waals surface area (Å²) in [5, 5.41) is 4.00. The van der Waals surface area contributed by atoms with E-state index >= 15 is 0 Å². The van der Waals surface area contributed by atoms with Gasteiger partial charge >= 0.3 is 0 Å². The van der Waals surface area contributed by atoms with Crippen molar-refractivity contribution < 1.29 is 4.39 Å². The predicted molar refractivity (Wildman–Crippen MR) is 70.3 cm³/mol. The van der Waals surface area contributed by atoms with Crippen LogP contribution in [0.3, 0.4) is 0 Å². The molecule has 0 amide bonds. The minimum atomic E-state index is -0.221. The number of nitrogens with one attached hydrogen (secondary N) is 1. The lowest BCUT2D eigenvalue weighted by Crippen LogP contribution is -2.33. The first-order valence-corrected chi connectivity index (χ1v) is 6.20. The van der Waals surface area contributed by atoms with Crippen molar-refractivity contribution in [3.63, 3.8) is 0 Å². The van der Waals surface area contributed by atoms with Crippen LogP contribution in [-0.4, -0.2) is 25.2 Å². The molecular formula is C13H18ClFN2. The number of nitrogens with zero attached hydrogens (tertiary/aromatic N) is 1. The van der Waals surface area contributed by atoms with Gasteiger partial charge in [0.2, 0.25) is 0 Å². The first kappa shape index (κ1) is 12.7. The summed E-state index contributed by atoms with van der Waals surface area (Å²) in [4.78, 5) is 1.98. The fraction of sp³-hybridized carbons (Fsp3) is 0.538. The van der Waals surface area contributed by atoms with Crippen LogP contribution in [0.15, 0.2) is 18.2 Å². The number of hydrogen-bond donors (Lipinski definition) is 1. The van der Waals surface area contributed by atoms with E-state index in [9.17, 15) is 4.39 Å². The van der Waals surface area contributed by atoms with Crippen molar-refractivity contribution in [2.45, 2.75) is 31.8 Å². The lowest BCUT2D eigenvalue weighted by Gasteiger charge is -2.27. The van der Waals surface area contributed by atoms with E-state index in [2.05, 4.69) is 19.2 Å². The minimum absolute atomic E-state index is 0.119. The predicted octanol–water partition coefficient (Wildman–Crippen LogP) is 3.06. The van der Waals surface area contributed by atoms with Gasteiger partial charge in [-0.1, -0.05) is 11.6 Å². The molecule has 1 heterocycles. The standard InChI is InChI=1S/C13H18ClFN2/c1-13(2)7-10(8-16-13)17(3)12-6-9(14)4-5-11(12)15/h4-6,10,16H,7-8H2,1-3H3. The second-order valence-electron chi connectivity index (χ2n) is 5.33. The Morgan fingerprint density at radius 1 is 1.47 bits per heavy atom. The van der Waals surface area contributed by atoms with Gasteiger partial charge in [0, 0.05) is 30.2 Å². The average Bonchev–Trinajstić information content (AvgIpc) is 2.61. The van der Waals surface area contributed by atoms with Gasteiger partial charge < -0.3 is 10.2 Å². The third-order valence-corrected chi connectivity index (χ3v) is 3.63. The van der Waals surface area contributed by atoms with E-state index in [1.807, 2.05) is 11.9 Å². The molecule has 0 aromatic heterocycles. The Kier molecular flexibility index (Phi) is 3.32. The van der Waals surface area contributed by atoms with E-state index in [0.717, 1.165) is 13.0 Å². The highest BCUT2D eigenvalue weighted by atomic mass is 35.5. The Balaban J connectivity index is 2.20. The SMILES string of the molecule is CN(c1cc(Cl)ccc1F)C1CNC(C)(C)C1. The number of benzene rings is 1. The Morgan fingerprint density at radius 2 is 2.18 bits per heavy atom. The van der Waals surface area contributed by atoms with E-state index in [0.29, 0.717) is 16.8 Å². The molecule has 1 aliphatic rings. The number of hydrogen-bond acceptors (Lipinski definition) is 2. The maximum atomic E-state index is 13.7. The molecule has 17 heavy (non-hydrogen) atoms. The molecule has 1 atom stereocenters. The summed E-state index contributed by atoms with van der Waals surface area (Å²) in [7, 11) is 1.92. The van der Waals surface area contributed by atoms with Crippen LogP contribution in [0.5, 0.6) is 0 Å². The molecule has 1 aliphatic heterocycles. The van der Waals surface area contributed by atoms with E-state index in [1.165, 1.54) is 6.07 Å². The summed E-state index contributed by atoms with van der Waals surface area (Å²) in [5.74, 6) is -0.221. The first-order chi connectivity index (χ1) is 7.89. The molecular weight excluding hydrogens is 239 g/mol. The number of likely N-dealkylation sites (N-methyl/N-ethyl adjacent to an activating group) is 1. The smallest absolute Gasteiger partial charge is 0.146 e. The minimum Gasteiger partial charge on any atom is -0.368 e.